The zero-order valence-corrected chi connectivity index (χ0v) is 11.0. The average Bonchev–Trinajstić information content (AvgIpc) is 3.07. The van der Waals surface area contributed by atoms with Crippen molar-refractivity contribution < 1.29 is 25.8 Å². The van der Waals surface area contributed by atoms with Crippen LogP contribution in [-0.2, 0) is 27.1 Å². The first kappa shape index (κ1) is 14.3. The average molecular weight is 294 g/mol. The van der Waals surface area contributed by atoms with E-state index in [1.807, 2.05) is 0 Å². The van der Waals surface area contributed by atoms with E-state index in [1.165, 1.54) is 0 Å². The van der Waals surface area contributed by atoms with Gasteiger partial charge in [0.25, 0.3) is 10.1 Å². The maximum absolute atomic E-state index is 12.7. The summed E-state index contributed by atoms with van der Waals surface area (Å²) in [7, 11) is -3.67. The molecule has 0 spiro atoms. The van der Waals surface area contributed by atoms with Gasteiger partial charge in [0, 0.05) is 0 Å². The molecule has 1 fully saturated rings. The second-order valence-electron chi connectivity index (χ2n) is 4.70. The Bertz CT molecular complexity index is 574. The molecular formula is C12H13F3O3S. The molecule has 0 bridgehead atoms. The van der Waals surface area contributed by atoms with Gasteiger partial charge in [0.15, 0.2) is 0 Å². The van der Waals surface area contributed by atoms with Crippen molar-refractivity contribution in [2.45, 2.75) is 31.5 Å². The molecule has 1 aliphatic carbocycles. The Morgan fingerprint density at radius 2 is 1.89 bits per heavy atom. The Kier molecular flexibility index (Phi) is 3.61. The van der Waals surface area contributed by atoms with Crippen LogP contribution in [0.25, 0.3) is 0 Å². The maximum Gasteiger partial charge on any atom is 0.416 e. The van der Waals surface area contributed by atoms with Gasteiger partial charge in [0.1, 0.15) is 0 Å². The van der Waals surface area contributed by atoms with Crippen LogP contribution in [0.5, 0.6) is 0 Å². The lowest BCUT2D eigenvalue weighted by atomic mass is 10.0. The Balaban J connectivity index is 2.29. The summed E-state index contributed by atoms with van der Waals surface area (Å²) in [4.78, 5) is 0. The number of alkyl halides is 3. The van der Waals surface area contributed by atoms with Crippen LogP contribution in [0, 0.1) is 0 Å². The minimum absolute atomic E-state index is 0.152. The molecule has 0 saturated heterocycles. The van der Waals surface area contributed by atoms with E-state index in [0.717, 1.165) is 31.2 Å². The van der Waals surface area contributed by atoms with Crippen LogP contribution >= 0.6 is 0 Å². The van der Waals surface area contributed by atoms with E-state index >= 15 is 0 Å². The summed E-state index contributed by atoms with van der Waals surface area (Å²) in [5.41, 5.74) is 0.0630. The highest BCUT2D eigenvalue weighted by Gasteiger charge is 2.33. The van der Waals surface area contributed by atoms with E-state index < -0.39 is 21.9 Å². The molecule has 0 heterocycles. The summed E-state index contributed by atoms with van der Waals surface area (Å²) in [6.07, 6.45) is -1.84. The van der Waals surface area contributed by atoms with Gasteiger partial charge in [-0.2, -0.15) is 21.6 Å². The van der Waals surface area contributed by atoms with Gasteiger partial charge in [-0.05, 0) is 42.0 Å². The van der Waals surface area contributed by atoms with Crippen molar-refractivity contribution >= 4 is 10.1 Å². The molecule has 0 aromatic heterocycles. The lowest BCUT2D eigenvalue weighted by molar-refractivity contribution is -0.137. The molecule has 0 amide bonds. The highest BCUT2D eigenvalue weighted by atomic mass is 32.2. The second kappa shape index (κ2) is 4.79. The largest absolute Gasteiger partial charge is 0.416 e. The highest BCUT2D eigenvalue weighted by molar-refractivity contribution is 7.85. The van der Waals surface area contributed by atoms with Gasteiger partial charge in [-0.1, -0.05) is 6.07 Å². The monoisotopic (exact) mass is 294 g/mol. The fourth-order valence-corrected chi connectivity index (χ4v) is 2.14. The van der Waals surface area contributed by atoms with Gasteiger partial charge in [-0.15, -0.1) is 0 Å². The third-order valence-corrected chi connectivity index (χ3v) is 3.38. The summed E-state index contributed by atoms with van der Waals surface area (Å²) >= 11 is 0. The fraction of sp³-hybridized carbons (Fsp3) is 0.500. The first-order valence-corrected chi connectivity index (χ1v) is 7.52. The molecule has 1 aromatic carbocycles. The fourth-order valence-electron chi connectivity index (χ4n) is 1.79. The van der Waals surface area contributed by atoms with Gasteiger partial charge < -0.3 is 0 Å². The SMILES string of the molecule is CS(=O)(=O)OCc1cc(C2CC2)cc(C(F)(F)F)c1. The predicted octanol–water partition coefficient (Wildman–Crippen LogP) is 3.06. The molecule has 0 aliphatic heterocycles. The molecule has 0 radical (unpaired) electrons. The first-order chi connectivity index (χ1) is 8.65. The normalized spacial score (nSPS) is 16.6. The van der Waals surface area contributed by atoms with Crippen LogP contribution < -0.4 is 0 Å². The van der Waals surface area contributed by atoms with E-state index in [0.29, 0.717) is 5.56 Å². The summed E-state index contributed by atoms with van der Waals surface area (Å²) in [6, 6.07) is 3.64. The predicted molar refractivity (Wildman–Crippen MR) is 63.1 cm³/mol. The third-order valence-electron chi connectivity index (χ3n) is 2.83. The minimum atomic E-state index is -4.44. The molecule has 106 valence electrons. The standard InChI is InChI=1S/C12H13F3O3S/c1-19(16,17)18-7-8-4-10(9-2-3-9)6-11(5-8)12(13,14)15/h4-6,9H,2-3,7H2,1H3. The molecule has 1 aliphatic rings. The van der Waals surface area contributed by atoms with Crippen molar-refractivity contribution in [2.75, 3.05) is 6.26 Å². The van der Waals surface area contributed by atoms with Crippen LogP contribution in [0.15, 0.2) is 18.2 Å². The second-order valence-corrected chi connectivity index (χ2v) is 6.35. The van der Waals surface area contributed by atoms with Gasteiger partial charge in [0.05, 0.1) is 18.4 Å². The van der Waals surface area contributed by atoms with E-state index in [2.05, 4.69) is 4.18 Å². The molecule has 1 aromatic rings. The summed E-state index contributed by atoms with van der Waals surface area (Å²) in [5.74, 6) is 0.152. The van der Waals surface area contributed by atoms with E-state index in [4.69, 9.17) is 0 Å². The lowest BCUT2D eigenvalue weighted by Gasteiger charge is -2.12. The lowest BCUT2D eigenvalue weighted by Crippen LogP contribution is -2.08. The molecule has 0 N–H and O–H groups in total. The Labute approximate surface area is 109 Å². The molecule has 7 heteroatoms. The quantitative estimate of drug-likeness (QED) is 0.802. The van der Waals surface area contributed by atoms with Crippen LogP contribution in [0.2, 0.25) is 0 Å². The minimum Gasteiger partial charge on any atom is -0.265 e. The molecule has 19 heavy (non-hydrogen) atoms. The number of rotatable bonds is 4. The Morgan fingerprint density at radius 1 is 1.26 bits per heavy atom. The Hall–Kier alpha value is -1.08. The van der Waals surface area contributed by atoms with Gasteiger partial charge in [0.2, 0.25) is 0 Å². The molecule has 0 atom stereocenters. The van der Waals surface area contributed by atoms with Gasteiger partial charge in [-0.25, -0.2) is 0 Å². The molecule has 0 unspecified atom stereocenters. The van der Waals surface area contributed by atoms with E-state index in [-0.39, 0.29) is 18.1 Å². The molecular weight excluding hydrogens is 281 g/mol. The van der Waals surface area contributed by atoms with Crippen molar-refractivity contribution in [3.63, 3.8) is 0 Å². The summed E-state index contributed by atoms with van der Waals surface area (Å²) < 4.78 is 64.5. The number of benzene rings is 1. The summed E-state index contributed by atoms with van der Waals surface area (Å²) in [5, 5.41) is 0. The molecule has 3 nitrogen and oxygen atoms in total. The first-order valence-electron chi connectivity index (χ1n) is 5.70. The van der Waals surface area contributed by atoms with Crippen molar-refractivity contribution in [2.24, 2.45) is 0 Å². The van der Waals surface area contributed by atoms with E-state index in [9.17, 15) is 21.6 Å². The zero-order chi connectivity index (χ0) is 14.3. The highest BCUT2D eigenvalue weighted by Crippen LogP contribution is 2.42. The van der Waals surface area contributed by atoms with Crippen LogP contribution in [0.4, 0.5) is 13.2 Å². The van der Waals surface area contributed by atoms with Crippen LogP contribution in [0.3, 0.4) is 0 Å². The number of hydrogen-bond donors (Lipinski definition) is 0. The molecule has 2 rings (SSSR count). The Morgan fingerprint density at radius 3 is 2.37 bits per heavy atom. The molecule has 1 saturated carbocycles. The maximum atomic E-state index is 12.7. The zero-order valence-electron chi connectivity index (χ0n) is 10.2. The van der Waals surface area contributed by atoms with Crippen molar-refractivity contribution in [3.8, 4) is 0 Å². The van der Waals surface area contributed by atoms with Crippen molar-refractivity contribution in [1.29, 1.82) is 0 Å². The van der Waals surface area contributed by atoms with Crippen molar-refractivity contribution in [3.05, 3.63) is 34.9 Å². The third kappa shape index (κ3) is 4.21. The smallest absolute Gasteiger partial charge is 0.265 e. The van der Waals surface area contributed by atoms with Crippen LogP contribution in [-0.4, -0.2) is 14.7 Å². The van der Waals surface area contributed by atoms with Gasteiger partial charge >= 0.3 is 6.18 Å². The summed E-state index contributed by atoms with van der Waals surface area (Å²) in [6.45, 7) is -0.373. The number of hydrogen-bond acceptors (Lipinski definition) is 3. The van der Waals surface area contributed by atoms with Crippen LogP contribution in [0.1, 0.15) is 35.4 Å². The topological polar surface area (TPSA) is 43.4 Å². The van der Waals surface area contributed by atoms with Gasteiger partial charge in [-0.3, -0.25) is 4.18 Å². The number of halogens is 3. The van der Waals surface area contributed by atoms with Crippen molar-refractivity contribution in [1.82, 2.24) is 0 Å². The van der Waals surface area contributed by atoms with E-state index in [1.54, 1.807) is 6.07 Å².